The lowest BCUT2D eigenvalue weighted by Crippen LogP contribution is -1.90. The molecule has 0 N–H and O–H groups in total. The molecule has 0 saturated carbocycles. The van der Waals surface area contributed by atoms with Crippen LogP contribution in [0.25, 0.3) is 11.5 Å². The number of ether oxygens (including phenoxy) is 1. The maximum Gasteiger partial charge on any atom is 0.414 e. The molecule has 0 radical (unpaired) electrons. The molecule has 0 spiro atoms. The van der Waals surface area contributed by atoms with Gasteiger partial charge in [0.15, 0.2) is 0 Å². The summed E-state index contributed by atoms with van der Waals surface area (Å²) in [7, 11) is 0. The fraction of sp³-hybridized carbons (Fsp3) is 0.200. The summed E-state index contributed by atoms with van der Waals surface area (Å²) < 4.78 is 10.2. The number of benzene rings is 1. The van der Waals surface area contributed by atoms with Crippen molar-refractivity contribution >= 4 is 5.69 Å². The van der Waals surface area contributed by atoms with Crippen molar-refractivity contribution in [2.75, 3.05) is 6.61 Å². The summed E-state index contributed by atoms with van der Waals surface area (Å²) >= 11 is 0. The number of nitrogens with zero attached hydrogens (tertiary/aromatic N) is 3. The predicted octanol–water partition coefficient (Wildman–Crippen LogP) is 2.04. The summed E-state index contributed by atoms with van der Waals surface area (Å²) in [5.74, 6) is 0.192. The standard InChI is InChI=1S/C10H9N3O4/c1-2-16-10-12-11-9(17-10)7-4-3-5-8(6-7)13(14)15/h3-6H,2H2,1H3. The molecule has 1 aromatic heterocycles. The van der Waals surface area contributed by atoms with Crippen LogP contribution in [0.4, 0.5) is 5.69 Å². The molecular weight excluding hydrogens is 226 g/mol. The van der Waals surface area contributed by atoms with E-state index in [4.69, 9.17) is 9.15 Å². The number of aromatic nitrogens is 2. The Kier molecular flexibility index (Phi) is 2.99. The third-order valence-corrected chi connectivity index (χ3v) is 1.98. The van der Waals surface area contributed by atoms with Gasteiger partial charge in [0, 0.05) is 17.7 Å². The number of non-ortho nitro benzene ring substituents is 1. The highest BCUT2D eigenvalue weighted by atomic mass is 16.6. The topological polar surface area (TPSA) is 91.3 Å². The summed E-state index contributed by atoms with van der Waals surface area (Å²) in [6.07, 6.45) is 0.0500. The SMILES string of the molecule is CCOc1nnc(-c2cccc([N+](=O)[O-])c2)o1. The van der Waals surface area contributed by atoms with Crippen LogP contribution < -0.4 is 4.74 Å². The number of rotatable bonds is 4. The Balaban J connectivity index is 2.32. The second-order valence-corrected chi connectivity index (χ2v) is 3.11. The first-order valence-electron chi connectivity index (χ1n) is 4.92. The first-order valence-corrected chi connectivity index (χ1v) is 4.92. The van der Waals surface area contributed by atoms with E-state index in [1.165, 1.54) is 12.1 Å². The van der Waals surface area contributed by atoms with E-state index in [1.54, 1.807) is 19.1 Å². The summed E-state index contributed by atoms with van der Waals surface area (Å²) in [6.45, 7) is 2.20. The molecule has 7 heteroatoms. The minimum Gasteiger partial charge on any atom is -0.449 e. The average Bonchev–Trinajstić information content (AvgIpc) is 2.78. The number of nitro groups is 1. The molecule has 0 fully saturated rings. The molecule has 0 amide bonds. The van der Waals surface area contributed by atoms with Crippen LogP contribution in [0, 0.1) is 10.1 Å². The van der Waals surface area contributed by atoms with E-state index < -0.39 is 4.92 Å². The largest absolute Gasteiger partial charge is 0.449 e. The van der Waals surface area contributed by atoms with E-state index in [9.17, 15) is 10.1 Å². The van der Waals surface area contributed by atoms with E-state index in [2.05, 4.69) is 10.2 Å². The van der Waals surface area contributed by atoms with Crippen LogP contribution >= 0.6 is 0 Å². The van der Waals surface area contributed by atoms with E-state index in [-0.39, 0.29) is 17.7 Å². The zero-order chi connectivity index (χ0) is 12.3. The van der Waals surface area contributed by atoms with Crippen LogP contribution in [0.15, 0.2) is 28.7 Å². The zero-order valence-corrected chi connectivity index (χ0v) is 8.99. The van der Waals surface area contributed by atoms with Crippen molar-refractivity contribution in [3.63, 3.8) is 0 Å². The van der Waals surface area contributed by atoms with Crippen LogP contribution in [-0.2, 0) is 0 Å². The molecule has 0 atom stereocenters. The Labute approximate surface area is 96.2 Å². The van der Waals surface area contributed by atoms with Crippen molar-refractivity contribution in [2.24, 2.45) is 0 Å². The Morgan fingerprint density at radius 2 is 2.29 bits per heavy atom. The van der Waals surface area contributed by atoms with Crippen molar-refractivity contribution in [1.29, 1.82) is 0 Å². The summed E-state index contributed by atoms with van der Waals surface area (Å²) in [5.41, 5.74) is 0.455. The lowest BCUT2D eigenvalue weighted by atomic mass is 10.2. The molecule has 0 aliphatic rings. The fourth-order valence-electron chi connectivity index (χ4n) is 1.26. The van der Waals surface area contributed by atoms with E-state index in [1.807, 2.05) is 0 Å². The van der Waals surface area contributed by atoms with Gasteiger partial charge in [0.1, 0.15) is 0 Å². The Bertz CT molecular complexity index is 538. The van der Waals surface area contributed by atoms with Crippen molar-refractivity contribution in [2.45, 2.75) is 6.92 Å². The normalized spacial score (nSPS) is 10.2. The van der Waals surface area contributed by atoms with Crippen molar-refractivity contribution in [3.8, 4) is 17.5 Å². The lowest BCUT2D eigenvalue weighted by Gasteiger charge is -1.95. The quantitative estimate of drug-likeness (QED) is 0.594. The van der Waals surface area contributed by atoms with Crippen LogP contribution in [0.3, 0.4) is 0 Å². The second-order valence-electron chi connectivity index (χ2n) is 3.11. The molecule has 0 unspecified atom stereocenters. The number of hydrogen-bond acceptors (Lipinski definition) is 6. The Morgan fingerprint density at radius 1 is 1.47 bits per heavy atom. The molecule has 1 heterocycles. The highest BCUT2D eigenvalue weighted by Crippen LogP contribution is 2.24. The molecule has 88 valence electrons. The van der Waals surface area contributed by atoms with Gasteiger partial charge in [-0.15, -0.1) is 5.10 Å². The van der Waals surface area contributed by atoms with Gasteiger partial charge in [0.05, 0.1) is 11.5 Å². The molecule has 0 aliphatic carbocycles. The molecule has 0 bridgehead atoms. The number of hydrogen-bond donors (Lipinski definition) is 0. The Hall–Kier alpha value is -2.44. The molecule has 0 aliphatic heterocycles. The van der Waals surface area contributed by atoms with Crippen molar-refractivity contribution < 1.29 is 14.1 Å². The molecule has 2 rings (SSSR count). The van der Waals surface area contributed by atoms with Crippen LogP contribution in [0.1, 0.15) is 6.92 Å². The summed E-state index contributed by atoms with van der Waals surface area (Å²) in [6, 6.07) is 5.96. The van der Waals surface area contributed by atoms with Gasteiger partial charge in [-0.3, -0.25) is 10.1 Å². The van der Waals surface area contributed by atoms with Gasteiger partial charge < -0.3 is 9.15 Å². The van der Waals surface area contributed by atoms with Gasteiger partial charge in [0.2, 0.25) is 0 Å². The molecular formula is C10H9N3O4. The molecule has 17 heavy (non-hydrogen) atoms. The van der Waals surface area contributed by atoms with E-state index >= 15 is 0 Å². The summed E-state index contributed by atoms with van der Waals surface area (Å²) in [4.78, 5) is 10.1. The van der Waals surface area contributed by atoms with Gasteiger partial charge in [-0.1, -0.05) is 11.2 Å². The Morgan fingerprint density at radius 3 is 3.00 bits per heavy atom. The second kappa shape index (κ2) is 4.60. The third-order valence-electron chi connectivity index (χ3n) is 1.98. The minimum absolute atomic E-state index is 0.0290. The van der Waals surface area contributed by atoms with Gasteiger partial charge >= 0.3 is 6.08 Å². The molecule has 0 saturated heterocycles. The summed E-state index contributed by atoms with van der Waals surface area (Å²) in [5, 5.41) is 18.0. The van der Waals surface area contributed by atoms with Crippen LogP contribution in [0.2, 0.25) is 0 Å². The van der Waals surface area contributed by atoms with Crippen LogP contribution in [-0.4, -0.2) is 21.7 Å². The third kappa shape index (κ3) is 2.39. The maximum absolute atomic E-state index is 10.6. The first kappa shape index (κ1) is 11.1. The van der Waals surface area contributed by atoms with Gasteiger partial charge in [-0.2, -0.15) is 0 Å². The highest BCUT2D eigenvalue weighted by molar-refractivity contribution is 5.57. The monoisotopic (exact) mass is 235 g/mol. The smallest absolute Gasteiger partial charge is 0.414 e. The van der Waals surface area contributed by atoms with Gasteiger partial charge in [-0.25, -0.2) is 0 Å². The fourth-order valence-corrected chi connectivity index (χ4v) is 1.26. The maximum atomic E-state index is 10.6. The van der Waals surface area contributed by atoms with Gasteiger partial charge in [0.25, 0.3) is 11.6 Å². The highest BCUT2D eigenvalue weighted by Gasteiger charge is 2.12. The molecule has 1 aromatic carbocycles. The van der Waals surface area contributed by atoms with E-state index in [0.29, 0.717) is 12.2 Å². The number of nitro benzene ring substituents is 1. The zero-order valence-electron chi connectivity index (χ0n) is 8.99. The lowest BCUT2D eigenvalue weighted by molar-refractivity contribution is -0.384. The van der Waals surface area contributed by atoms with Gasteiger partial charge in [-0.05, 0) is 13.0 Å². The van der Waals surface area contributed by atoms with Crippen molar-refractivity contribution in [3.05, 3.63) is 34.4 Å². The first-order chi connectivity index (χ1) is 8.20. The minimum atomic E-state index is -0.483. The van der Waals surface area contributed by atoms with E-state index in [0.717, 1.165) is 0 Å². The van der Waals surface area contributed by atoms with Crippen LogP contribution in [0.5, 0.6) is 6.08 Å². The average molecular weight is 235 g/mol. The van der Waals surface area contributed by atoms with Crippen molar-refractivity contribution in [1.82, 2.24) is 10.2 Å². The molecule has 2 aromatic rings. The predicted molar refractivity (Wildman–Crippen MR) is 57.6 cm³/mol. The molecule has 7 nitrogen and oxygen atoms in total.